The first-order valence-corrected chi connectivity index (χ1v) is 9.15. The number of carbonyl (C=O) groups excluding carboxylic acids is 3. The van der Waals surface area contributed by atoms with Crippen molar-refractivity contribution in [1.82, 2.24) is 0 Å². The average Bonchev–Trinajstić information content (AvgIpc) is 3.21. The second-order valence-corrected chi connectivity index (χ2v) is 7.64. The van der Waals surface area contributed by atoms with Crippen molar-refractivity contribution in [2.75, 3.05) is 11.9 Å². The van der Waals surface area contributed by atoms with Gasteiger partial charge in [0.25, 0.3) is 5.91 Å². The molecule has 130 valence electrons. The molecule has 7 heteroatoms. The number of thiophene rings is 1. The van der Waals surface area contributed by atoms with Gasteiger partial charge in [-0.1, -0.05) is 6.42 Å². The third-order valence-corrected chi connectivity index (χ3v) is 6.38. The van der Waals surface area contributed by atoms with Gasteiger partial charge in [-0.15, -0.1) is 11.3 Å². The molecule has 1 heterocycles. The summed E-state index contributed by atoms with van der Waals surface area (Å²) in [6, 6.07) is 0. The van der Waals surface area contributed by atoms with Crippen molar-refractivity contribution < 1.29 is 19.1 Å². The van der Waals surface area contributed by atoms with E-state index >= 15 is 0 Å². The Kier molecular flexibility index (Phi) is 4.62. The molecule has 0 radical (unpaired) electrons. The van der Waals surface area contributed by atoms with Gasteiger partial charge in [0.1, 0.15) is 5.00 Å². The van der Waals surface area contributed by atoms with E-state index in [1.807, 2.05) is 0 Å². The van der Waals surface area contributed by atoms with Crippen LogP contribution < -0.4 is 11.1 Å². The number of nitrogens with one attached hydrogen (secondary N) is 1. The first kappa shape index (κ1) is 17.0. The SMILES string of the molecule is CCOC(=O)c1c(NC(=O)[C@@H]2C[C@H]3CC[C@@H]2C3)sc(C(N)=O)c1C. The minimum Gasteiger partial charge on any atom is -0.462 e. The molecule has 3 atom stereocenters. The fraction of sp³-hybridized carbons (Fsp3) is 0.588. The zero-order valence-electron chi connectivity index (χ0n) is 13.9. The zero-order valence-corrected chi connectivity index (χ0v) is 14.7. The second kappa shape index (κ2) is 6.55. The van der Waals surface area contributed by atoms with Crippen LogP contribution in [0.25, 0.3) is 0 Å². The topological polar surface area (TPSA) is 98.5 Å². The fourth-order valence-corrected chi connectivity index (χ4v) is 5.11. The number of esters is 1. The van der Waals surface area contributed by atoms with E-state index in [2.05, 4.69) is 5.32 Å². The Labute approximate surface area is 144 Å². The zero-order chi connectivity index (χ0) is 17.4. The molecule has 3 N–H and O–H groups in total. The molecule has 0 aliphatic heterocycles. The minimum atomic E-state index is -0.608. The standard InChI is InChI=1S/C17H22N2O4S/c1-3-23-17(22)12-8(2)13(14(18)20)24-16(12)19-15(21)11-7-9-4-5-10(11)6-9/h9-11H,3-7H2,1-2H3,(H2,18,20)(H,19,21)/t9-,10+,11+/m0/s1. The average molecular weight is 350 g/mol. The van der Waals surface area contributed by atoms with E-state index < -0.39 is 11.9 Å². The number of rotatable bonds is 5. The highest BCUT2D eigenvalue weighted by atomic mass is 32.1. The van der Waals surface area contributed by atoms with Gasteiger partial charge in [0.15, 0.2) is 0 Å². The summed E-state index contributed by atoms with van der Waals surface area (Å²) in [6.07, 6.45) is 4.35. The smallest absolute Gasteiger partial charge is 0.341 e. The molecule has 0 spiro atoms. The first-order chi connectivity index (χ1) is 11.4. The third-order valence-electron chi connectivity index (χ3n) is 5.16. The van der Waals surface area contributed by atoms with Crippen LogP contribution in [0.4, 0.5) is 5.00 Å². The summed E-state index contributed by atoms with van der Waals surface area (Å²) in [6.45, 7) is 3.58. The maximum absolute atomic E-state index is 12.7. The summed E-state index contributed by atoms with van der Waals surface area (Å²) in [7, 11) is 0. The number of carbonyl (C=O) groups is 3. The summed E-state index contributed by atoms with van der Waals surface area (Å²) < 4.78 is 5.06. The van der Waals surface area contributed by atoms with Gasteiger partial charge >= 0.3 is 5.97 Å². The van der Waals surface area contributed by atoms with E-state index in [-0.39, 0.29) is 28.9 Å². The van der Waals surface area contributed by atoms with Crippen molar-refractivity contribution >= 4 is 34.1 Å². The number of hydrogen-bond donors (Lipinski definition) is 2. The van der Waals surface area contributed by atoms with Crippen LogP contribution in [0.1, 0.15) is 58.2 Å². The lowest BCUT2D eigenvalue weighted by molar-refractivity contribution is -0.121. The van der Waals surface area contributed by atoms with Gasteiger partial charge in [-0.3, -0.25) is 9.59 Å². The lowest BCUT2D eigenvalue weighted by Gasteiger charge is -2.20. The van der Waals surface area contributed by atoms with Gasteiger partial charge in [-0.05, 0) is 50.5 Å². The Balaban J connectivity index is 1.86. The van der Waals surface area contributed by atoms with Crippen LogP contribution in [0.15, 0.2) is 0 Å². The second-order valence-electron chi connectivity index (χ2n) is 6.62. The number of hydrogen-bond acceptors (Lipinski definition) is 5. The van der Waals surface area contributed by atoms with E-state index in [1.54, 1.807) is 13.8 Å². The molecule has 3 rings (SSSR count). The molecular weight excluding hydrogens is 328 g/mol. The van der Waals surface area contributed by atoms with Crippen LogP contribution in [-0.4, -0.2) is 24.4 Å². The number of fused-ring (bicyclic) bond motifs is 2. The minimum absolute atomic E-state index is 0.00164. The van der Waals surface area contributed by atoms with Crippen molar-refractivity contribution in [2.45, 2.75) is 39.5 Å². The van der Waals surface area contributed by atoms with Crippen LogP contribution in [0.3, 0.4) is 0 Å². The molecular formula is C17H22N2O4S. The third kappa shape index (κ3) is 2.92. The van der Waals surface area contributed by atoms with Crippen LogP contribution in [0.2, 0.25) is 0 Å². The number of primary amides is 1. The van der Waals surface area contributed by atoms with Crippen LogP contribution in [0, 0.1) is 24.7 Å². The van der Waals surface area contributed by atoms with Crippen molar-refractivity contribution in [3.8, 4) is 0 Å². The summed E-state index contributed by atoms with van der Waals surface area (Å²) >= 11 is 1.05. The Morgan fingerprint density at radius 3 is 2.58 bits per heavy atom. The normalized spacial score (nSPS) is 24.8. The van der Waals surface area contributed by atoms with Gasteiger partial charge in [-0.25, -0.2) is 4.79 Å². The van der Waals surface area contributed by atoms with E-state index in [1.165, 1.54) is 6.42 Å². The lowest BCUT2D eigenvalue weighted by atomic mass is 9.88. The number of ether oxygens (including phenoxy) is 1. The van der Waals surface area contributed by atoms with Gasteiger partial charge in [0.05, 0.1) is 17.0 Å². The summed E-state index contributed by atoms with van der Waals surface area (Å²) in [5.74, 6) is -0.118. The molecule has 6 nitrogen and oxygen atoms in total. The van der Waals surface area contributed by atoms with E-state index in [0.29, 0.717) is 22.4 Å². The maximum Gasteiger partial charge on any atom is 0.341 e. The molecule has 0 aromatic carbocycles. The van der Waals surface area contributed by atoms with E-state index in [4.69, 9.17) is 10.5 Å². The first-order valence-electron chi connectivity index (χ1n) is 8.33. The fourth-order valence-electron chi connectivity index (χ4n) is 4.06. The molecule has 1 aromatic rings. The van der Waals surface area contributed by atoms with Crippen LogP contribution in [0.5, 0.6) is 0 Å². The van der Waals surface area contributed by atoms with Crippen molar-refractivity contribution in [2.24, 2.45) is 23.5 Å². The molecule has 0 saturated heterocycles. The number of anilines is 1. The largest absolute Gasteiger partial charge is 0.462 e. The molecule has 24 heavy (non-hydrogen) atoms. The number of nitrogens with two attached hydrogens (primary N) is 1. The monoisotopic (exact) mass is 350 g/mol. The van der Waals surface area contributed by atoms with Crippen LogP contribution in [-0.2, 0) is 9.53 Å². The molecule has 2 bridgehead atoms. The van der Waals surface area contributed by atoms with Crippen molar-refractivity contribution in [1.29, 1.82) is 0 Å². The van der Waals surface area contributed by atoms with Crippen molar-refractivity contribution in [3.05, 3.63) is 16.0 Å². The summed E-state index contributed by atoms with van der Waals surface area (Å²) in [4.78, 5) is 36.7. The summed E-state index contributed by atoms with van der Waals surface area (Å²) in [5, 5.41) is 3.23. The van der Waals surface area contributed by atoms with E-state index in [0.717, 1.165) is 30.6 Å². The summed E-state index contributed by atoms with van der Waals surface area (Å²) in [5.41, 5.74) is 6.09. The molecule has 0 unspecified atom stereocenters. The highest BCUT2D eigenvalue weighted by Crippen LogP contribution is 2.49. The molecule has 2 fully saturated rings. The maximum atomic E-state index is 12.7. The predicted molar refractivity (Wildman–Crippen MR) is 91.1 cm³/mol. The molecule has 1 aromatic heterocycles. The number of amides is 2. The predicted octanol–water partition coefficient (Wildman–Crippen LogP) is 2.71. The highest BCUT2D eigenvalue weighted by Gasteiger charge is 2.43. The molecule has 2 saturated carbocycles. The lowest BCUT2D eigenvalue weighted by Crippen LogP contribution is -2.27. The Morgan fingerprint density at radius 1 is 1.29 bits per heavy atom. The highest BCUT2D eigenvalue weighted by molar-refractivity contribution is 7.18. The quantitative estimate of drug-likeness (QED) is 0.798. The van der Waals surface area contributed by atoms with Gasteiger partial charge in [-0.2, -0.15) is 0 Å². The Hall–Kier alpha value is -1.89. The van der Waals surface area contributed by atoms with Gasteiger partial charge in [0.2, 0.25) is 5.91 Å². The van der Waals surface area contributed by atoms with Gasteiger partial charge < -0.3 is 15.8 Å². The molecule has 2 aliphatic rings. The molecule has 2 aliphatic carbocycles. The Morgan fingerprint density at radius 2 is 2.04 bits per heavy atom. The van der Waals surface area contributed by atoms with E-state index in [9.17, 15) is 14.4 Å². The van der Waals surface area contributed by atoms with Crippen molar-refractivity contribution in [3.63, 3.8) is 0 Å². The van der Waals surface area contributed by atoms with Gasteiger partial charge in [0, 0.05) is 5.92 Å². The Bertz CT molecular complexity index is 697. The van der Waals surface area contributed by atoms with Crippen LogP contribution >= 0.6 is 11.3 Å². The molecule has 2 amide bonds.